The normalized spacial score (nSPS) is 12.1. The molecule has 0 saturated carbocycles. The predicted molar refractivity (Wildman–Crippen MR) is 71.0 cm³/mol. The standard InChI is InChI=1S/C12H20N4O4/c1-2-20-8-13-4-3-11(17)16-10(12(18)19)5-9-6-14-7-15-9/h6-7,10,13H,2-5,8H2,1H3,(H,14,15)(H,16,17)(H,18,19). The van der Waals surface area contributed by atoms with Crippen LogP contribution in [0.2, 0.25) is 0 Å². The van der Waals surface area contributed by atoms with E-state index in [9.17, 15) is 9.59 Å². The van der Waals surface area contributed by atoms with Crippen molar-refractivity contribution in [3.63, 3.8) is 0 Å². The maximum atomic E-state index is 11.6. The number of aromatic amines is 1. The van der Waals surface area contributed by atoms with Crippen molar-refractivity contribution in [2.75, 3.05) is 19.9 Å². The molecular formula is C12H20N4O4. The van der Waals surface area contributed by atoms with Crippen LogP contribution in [0, 0.1) is 0 Å². The highest BCUT2D eigenvalue weighted by molar-refractivity contribution is 5.83. The van der Waals surface area contributed by atoms with E-state index in [1.807, 2.05) is 6.92 Å². The number of nitrogens with zero attached hydrogens (tertiary/aromatic N) is 1. The maximum absolute atomic E-state index is 11.6. The number of amides is 1. The van der Waals surface area contributed by atoms with E-state index in [1.165, 1.54) is 6.33 Å². The van der Waals surface area contributed by atoms with E-state index in [-0.39, 0.29) is 18.7 Å². The highest BCUT2D eigenvalue weighted by atomic mass is 16.5. The van der Waals surface area contributed by atoms with Gasteiger partial charge in [0.1, 0.15) is 6.04 Å². The number of carboxylic acids is 1. The first kappa shape index (κ1) is 16.1. The molecule has 1 amide bonds. The Kier molecular flexibility index (Phi) is 7.30. The Balaban J connectivity index is 2.30. The number of carbonyl (C=O) groups is 2. The van der Waals surface area contributed by atoms with Gasteiger partial charge in [-0.05, 0) is 6.92 Å². The summed E-state index contributed by atoms with van der Waals surface area (Å²) >= 11 is 0. The first-order valence-electron chi connectivity index (χ1n) is 6.41. The first-order chi connectivity index (χ1) is 9.63. The minimum absolute atomic E-state index is 0.150. The lowest BCUT2D eigenvalue weighted by Gasteiger charge is -2.13. The minimum Gasteiger partial charge on any atom is -0.480 e. The third kappa shape index (κ3) is 6.30. The van der Waals surface area contributed by atoms with Crippen molar-refractivity contribution < 1.29 is 19.4 Å². The number of nitrogens with one attached hydrogen (secondary N) is 3. The second-order valence-corrected chi connectivity index (χ2v) is 4.11. The predicted octanol–water partition coefficient (Wildman–Crippen LogP) is -0.505. The molecule has 8 nitrogen and oxygen atoms in total. The van der Waals surface area contributed by atoms with Crippen molar-refractivity contribution in [2.45, 2.75) is 25.8 Å². The van der Waals surface area contributed by atoms with Gasteiger partial charge in [0.25, 0.3) is 0 Å². The van der Waals surface area contributed by atoms with Gasteiger partial charge >= 0.3 is 5.97 Å². The molecule has 1 atom stereocenters. The maximum Gasteiger partial charge on any atom is 0.326 e. The van der Waals surface area contributed by atoms with Crippen LogP contribution in [0.25, 0.3) is 0 Å². The second-order valence-electron chi connectivity index (χ2n) is 4.11. The summed E-state index contributed by atoms with van der Waals surface area (Å²) in [5, 5.41) is 14.5. The van der Waals surface area contributed by atoms with E-state index in [2.05, 4.69) is 20.6 Å². The summed E-state index contributed by atoms with van der Waals surface area (Å²) in [5.74, 6) is -1.40. The smallest absolute Gasteiger partial charge is 0.326 e. The van der Waals surface area contributed by atoms with Crippen LogP contribution in [-0.2, 0) is 20.7 Å². The summed E-state index contributed by atoms with van der Waals surface area (Å²) in [6.07, 6.45) is 3.41. The van der Waals surface area contributed by atoms with Crippen molar-refractivity contribution in [3.8, 4) is 0 Å². The van der Waals surface area contributed by atoms with Gasteiger partial charge in [0.15, 0.2) is 0 Å². The molecule has 0 aromatic carbocycles. The number of H-pyrrole nitrogens is 1. The van der Waals surface area contributed by atoms with Crippen LogP contribution in [0.5, 0.6) is 0 Å². The molecule has 0 aliphatic rings. The third-order valence-corrected chi connectivity index (χ3v) is 2.54. The largest absolute Gasteiger partial charge is 0.480 e. The van der Waals surface area contributed by atoms with E-state index in [0.29, 0.717) is 25.6 Å². The molecule has 112 valence electrons. The zero-order chi connectivity index (χ0) is 14.8. The van der Waals surface area contributed by atoms with Crippen LogP contribution < -0.4 is 10.6 Å². The Morgan fingerprint density at radius 3 is 2.95 bits per heavy atom. The summed E-state index contributed by atoms with van der Waals surface area (Å²) in [4.78, 5) is 29.4. The number of carboxylic acid groups (broad SMARTS) is 1. The molecule has 8 heteroatoms. The zero-order valence-corrected chi connectivity index (χ0v) is 11.4. The average Bonchev–Trinajstić information content (AvgIpc) is 2.90. The van der Waals surface area contributed by atoms with E-state index < -0.39 is 12.0 Å². The topological polar surface area (TPSA) is 116 Å². The van der Waals surface area contributed by atoms with Gasteiger partial charge in [0, 0.05) is 32.2 Å². The molecular weight excluding hydrogens is 264 g/mol. The number of ether oxygens (including phenoxy) is 1. The van der Waals surface area contributed by atoms with Gasteiger partial charge < -0.3 is 20.1 Å². The fourth-order valence-corrected chi connectivity index (χ4v) is 1.53. The number of imidazole rings is 1. The van der Waals surface area contributed by atoms with Gasteiger partial charge in [-0.15, -0.1) is 0 Å². The highest BCUT2D eigenvalue weighted by Crippen LogP contribution is 1.99. The molecule has 1 heterocycles. The van der Waals surface area contributed by atoms with E-state index in [1.54, 1.807) is 6.20 Å². The Hall–Kier alpha value is -1.93. The SMILES string of the molecule is CCOCNCCC(=O)NC(Cc1c[nH]cn1)C(=O)O. The van der Waals surface area contributed by atoms with Gasteiger partial charge in [0.2, 0.25) is 5.91 Å². The molecule has 0 saturated heterocycles. The van der Waals surface area contributed by atoms with Crippen molar-refractivity contribution in [3.05, 3.63) is 18.2 Å². The lowest BCUT2D eigenvalue weighted by molar-refractivity contribution is -0.141. The molecule has 1 unspecified atom stereocenters. The molecule has 0 fully saturated rings. The third-order valence-electron chi connectivity index (χ3n) is 2.54. The highest BCUT2D eigenvalue weighted by Gasteiger charge is 2.20. The average molecular weight is 284 g/mol. The summed E-state index contributed by atoms with van der Waals surface area (Å²) in [6.45, 7) is 3.28. The molecule has 1 aromatic heterocycles. The molecule has 0 aliphatic heterocycles. The molecule has 4 N–H and O–H groups in total. The lowest BCUT2D eigenvalue weighted by Crippen LogP contribution is -2.43. The minimum atomic E-state index is -1.08. The Labute approximate surface area is 116 Å². The van der Waals surface area contributed by atoms with Gasteiger partial charge in [-0.25, -0.2) is 9.78 Å². The summed E-state index contributed by atoms with van der Waals surface area (Å²) in [6, 6.07) is -0.974. The summed E-state index contributed by atoms with van der Waals surface area (Å²) in [5.41, 5.74) is 0.590. The van der Waals surface area contributed by atoms with Crippen LogP contribution in [0.15, 0.2) is 12.5 Å². The van der Waals surface area contributed by atoms with Crippen LogP contribution in [-0.4, -0.2) is 52.9 Å². The molecule has 20 heavy (non-hydrogen) atoms. The molecule has 0 bridgehead atoms. The molecule has 1 aromatic rings. The van der Waals surface area contributed by atoms with E-state index >= 15 is 0 Å². The molecule has 0 spiro atoms. The number of aromatic nitrogens is 2. The van der Waals surface area contributed by atoms with E-state index in [0.717, 1.165) is 0 Å². The number of hydrogen-bond acceptors (Lipinski definition) is 5. The fourth-order valence-electron chi connectivity index (χ4n) is 1.53. The molecule has 0 radical (unpaired) electrons. The number of hydrogen-bond donors (Lipinski definition) is 4. The van der Waals surface area contributed by atoms with Crippen LogP contribution in [0.4, 0.5) is 0 Å². The van der Waals surface area contributed by atoms with Crippen LogP contribution in [0.3, 0.4) is 0 Å². The van der Waals surface area contributed by atoms with Gasteiger partial charge in [-0.3, -0.25) is 10.1 Å². The van der Waals surface area contributed by atoms with Crippen molar-refractivity contribution in [1.29, 1.82) is 0 Å². The second kappa shape index (κ2) is 9.05. The van der Waals surface area contributed by atoms with Crippen molar-refractivity contribution >= 4 is 11.9 Å². The Morgan fingerprint density at radius 2 is 2.35 bits per heavy atom. The lowest BCUT2D eigenvalue weighted by atomic mass is 10.1. The summed E-state index contributed by atoms with van der Waals surface area (Å²) < 4.78 is 5.06. The van der Waals surface area contributed by atoms with Crippen molar-refractivity contribution in [2.24, 2.45) is 0 Å². The fraction of sp³-hybridized carbons (Fsp3) is 0.583. The zero-order valence-electron chi connectivity index (χ0n) is 11.4. The molecule has 0 aliphatic carbocycles. The van der Waals surface area contributed by atoms with Gasteiger partial charge in [-0.2, -0.15) is 0 Å². The summed E-state index contributed by atoms with van der Waals surface area (Å²) in [7, 11) is 0. The van der Waals surface area contributed by atoms with Gasteiger partial charge in [0.05, 0.1) is 18.8 Å². The quantitative estimate of drug-likeness (QED) is 0.340. The number of aliphatic carboxylic acids is 1. The number of rotatable bonds is 10. The van der Waals surface area contributed by atoms with Crippen LogP contribution >= 0.6 is 0 Å². The Morgan fingerprint density at radius 1 is 1.55 bits per heavy atom. The first-order valence-corrected chi connectivity index (χ1v) is 6.41. The number of carbonyl (C=O) groups excluding carboxylic acids is 1. The van der Waals surface area contributed by atoms with Gasteiger partial charge in [-0.1, -0.05) is 0 Å². The monoisotopic (exact) mass is 284 g/mol. The Bertz CT molecular complexity index is 408. The van der Waals surface area contributed by atoms with E-state index in [4.69, 9.17) is 9.84 Å². The van der Waals surface area contributed by atoms with Crippen molar-refractivity contribution in [1.82, 2.24) is 20.6 Å². The van der Waals surface area contributed by atoms with Crippen LogP contribution in [0.1, 0.15) is 19.0 Å². The molecule has 1 rings (SSSR count).